The molecule has 0 aliphatic carbocycles. The Labute approximate surface area is 122 Å². The second-order valence-corrected chi connectivity index (χ2v) is 4.99. The van der Waals surface area contributed by atoms with Gasteiger partial charge in [0.25, 0.3) is 0 Å². The molecule has 5 nitrogen and oxygen atoms in total. The summed E-state index contributed by atoms with van der Waals surface area (Å²) in [5.74, 6) is -0.383. The lowest BCUT2D eigenvalue weighted by Gasteiger charge is -2.11. The molecule has 2 rings (SSSR count). The quantitative estimate of drug-likeness (QED) is 0.884. The summed E-state index contributed by atoms with van der Waals surface area (Å²) in [6.07, 6.45) is 0. The molecule has 0 aliphatic rings. The molecule has 0 radical (unpaired) electrons. The number of carboxylic acids is 1. The molecule has 1 N–H and O–H groups in total. The molecular formula is C14H16ClN2O3+. The Kier molecular flexibility index (Phi) is 3.72. The minimum atomic E-state index is -0.973. The van der Waals surface area contributed by atoms with Crippen LogP contribution in [0.5, 0.6) is 5.75 Å². The first-order valence-electron chi connectivity index (χ1n) is 6.03. The van der Waals surface area contributed by atoms with E-state index in [-0.39, 0.29) is 5.69 Å². The van der Waals surface area contributed by atoms with Crippen LogP contribution in [0.2, 0.25) is 5.02 Å². The van der Waals surface area contributed by atoms with Gasteiger partial charge in [0.2, 0.25) is 0 Å². The molecule has 2 aromatic rings. The highest BCUT2D eigenvalue weighted by Crippen LogP contribution is 2.29. The molecule has 0 saturated heterocycles. The van der Waals surface area contributed by atoms with E-state index in [2.05, 4.69) is 0 Å². The van der Waals surface area contributed by atoms with Gasteiger partial charge in [-0.3, -0.25) is 0 Å². The fourth-order valence-corrected chi connectivity index (χ4v) is 2.38. The van der Waals surface area contributed by atoms with Gasteiger partial charge in [-0.2, -0.15) is 0 Å². The number of hydrogen-bond acceptors (Lipinski definition) is 2. The van der Waals surface area contributed by atoms with Crippen molar-refractivity contribution < 1.29 is 19.3 Å². The zero-order valence-electron chi connectivity index (χ0n) is 11.8. The predicted octanol–water partition coefficient (Wildman–Crippen LogP) is 2.28. The number of aromatic carboxylic acids is 1. The van der Waals surface area contributed by atoms with Crippen LogP contribution in [0.25, 0.3) is 5.69 Å². The molecule has 0 atom stereocenters. The zero-order valence-corrected chi connectivity index (χ0v) is 12.5. The molecule has 0 amide bonds. The maximum absolute atomic E-state index is 11.2. The van der Waals surface area contributed by atoms with Crippen LogP contribution in [-0.2, 0) is 7.05 Å². The predicted molar refractivity (Wildman–Crippen MR) is 74.9 cm³/mol. The molecule has 106 valence electrons. The largest absolute Gasteiger partial charge is 0.494 e. The highest BCUT2D eigenvalue weighted by atomic mass is 35.5. The van der Waals surface area contributed by atoms with Crippen LogP contribution in [0.1, 0.15) is 21.7 Å². The molecule has 20 heavy (non-hydrogen) atoms. The van der Waals surface area contributed by atoms with Gasteiger partial charge >= 0.3 is 11.7 Å². The van der Waals surface area contributed by atoms with E-state index in [0.717, 1.165) is 16.9 Å². The van der Waals surface area contributed by atoms with Crippen LogP contribution in [-0.4, -0.2) is 22.9 Å². The Bertz CT molecular complexity index is 692. The Morgan fingerprint density at radius 1 is 1.35 bits per heavy atom. The van der Waals surface area contributed by atoms with Crippen molar-refractivity contribution in [3.63, 3.8) is 0 Å². The molecule has 1 aromatic heterocycles. The number of carbonyl (C=O) groups is 1. The third-order valence-corrected chi connectivity index (χ3v) is 3.64. The summed E-state index contributed by atoms with van der Waals surface area (Å²) < 4.78 is 8.70. The monoisotopic (exact) mass is 295 g/mol. The van der Waals surface area contributed by atoms with Crippen molar-refractivity contribution in [1.29, 1.82) is 0 Å². The van der Waals surface area contributed by atoms with Gasteiger partial charge in [0.15, 0.2) is 7.05 Å². The number of ether oxygens (including phenoxy) is 1. The summed E-state index contributed by atoms with van der Waals surface area (Å²) in [5.41, 5.74) is 2.65. The van der Waals surface area contributed by atoms with E-state index < -0.39 is 5.97 Å². The van der Waals surface area contributed by atoms with Crippen molar-refractivity contribution in [1.82, 2.24) is 4.68 Å². The van der Waals surface area contributed by atoms with Crippen LogP contribution in [0.15, 0.2) is 18.2 Å². The van der Waals surface area contributed by atoms with Crippen molar-refractivity contribution in [3.05, 3.63) is 40.2 Å². The maximum Gasteiger partial charge on any atom is 0.403 e. The van der Waals surface area contributed by atoms with Gasteiger partial charge in [-0.15, -0.1) is 4.68 Å². The first-order valence-corrected chi connectivity index (χ1v) is 6.41. The average molecular weight is 296 g/mol. The van der Waals surface area contributed by atoms with Gasteiger partial charge in [0.1, 0.15) is 11.4 Å². The van der Waals surface area contributed by atoms with Gasteiger partial charge in [0, 0.05) is 17.2 Å². The Morgan fingerprint density at radius 3 is 2.50 bits per heavy atom. The van der Waals surface area contributed by atoms with Crippen molar-refractivity contribution >= 4 is 17.6 Å². The van der Waals surface area contributed by atoms with Gasteiger partial charge < -0.3 is 9.84 Å². The SMILES string of the molecule is COc1cc(Cl)c(C)cc1-n1c(C)cc(C(=O)O)[n+]1C. The number of benzene rings is 1. The zero-order chi connectivity index (χ0) is 15.0. The Balaban J connectivity index is 2.74. The van der Waals surface area contributed by atoms with Gasteiger partial charge in [-0.05, 0) is 25.5 Å². The smallest absolute Gasteiger partial charge is 0.403 e. The van der Waals surface area contributed by atoms with E-state index in [0.29, 0.717) is 10.8 Å². The molecule has 0 bridgehead atoms. The number of halogens is 1. The molecule has 0 saturated carbocycles. The molecule has 6 heteroatoms. The summed E-state index contributed by atoms with van der Waals surface area (Å²) in [4.78, 5) is 11.2. The van der Waals surface area contributed by atoms with Gasteiger partial charge in [-0.1, -0.05) is 16.3 Å². The molecule has 0 aliphatic heterocycles. The number of nitrogens with zero attached hydrogens (tertiary/aromatic N) is 2. The standard InChI is InChI=1S/C14H15ClN2O3/c1-8-5-11(13(20-4)7-10(8)15)17-9(2)6-12(14(18)19)16(17)3/h5-7H,1-4H3/p+1. The van der Waals surface area contributed by atoms with E-state index in [4.69, 9.17) is 16.3 Å². The number of carboxylic acid groups (broad SMARTS) is 1. The number of methoxy groups -OCH3 is 1. The van der Waals surface area contributed by atoms with Crippen molar-refractivity contribution in [2.75, 3.05) is 7.11 Å². The third-order valence-electron chi connectivity index (χ3n) is 3.24. The summed E-state index contributed by atoms with van der Waals surface area (Å²) in [6, 6.07) is 5.22. The molecule has 0 unspecified atom stereocenters. The van der Waals surface area contributed by atoms with Gasteiger partial charge in [-0.25, -0.2) is 4.79 Å². The molecule has 1 heterocycles. The average Bonchev–Trinajstić information content (AvgIpc) is 2.68. The maximum atomic E-state index is 11.2. The van der Waals surface area contributed by atoms with Crippen LogP contribution < -0.4 is 9.42 Å². The number of rotatable bonds is 3. The third kappa shape index (κ3) is 2.25. The minimum absolute atomic E-state index is 0.206. The molecule has 1 aromatic carbocycles. The van der Waals surface area contributed by atoms with Crippen LogP contribution in [0, 0.1) is 13.8 Å². The van der Waals surface area contributed by atoms with Crippen LogP contribution in [0.4, 0.5) is 0 Å². The van der Waals surface area contributed by atoms with Crippen molar-refractivity contribution in [2.24, 2.45) is 7.05 Å². The molecule has 0 spiro atoms. The Hall–Kier alpha value is -2.01. The first kappa shape index (κ1) is 14.4. The lowest BCUT2D eigenvalue weighted by molar-refractivity contribution is -0.746. The summed E-state index contributed by atoms with van der Waals surface area (Å²) in [5, 5.41) is 9.80. The minimum Gasteiger partial charge on any atom is -0.494 e. The van der Waals surface area contributed by atoms with Crippen molar-refractivity contribution in [3.8, 4) is 11.4 Å². The number of hydrogen-bond donors (Lipinski definition) is 1. The van der Waals surface area contributed by atoms with Gasteiger partial charge in [0.05, 0.1) is 12.8 Å². The van der Waals surface area contributed by atoms with E-state index in [1.807, 2.05) is 19.9 Å². The Morgan fingerprint density at radius 2 is 2.00 bits per heavy atom. The first-order chi connectivity index (χ1) is 9.36. The number of aryl methyl sites for hydroxylation is 2. The van der Waals surface area contributed by atoms with E-state index in [1.54, 1.807) is 35.7 Å². The summed E-state index contributed by atoms with van der Waals surface area (Å²) in [7, 11) is 3.25. The normalized spacial score (nSPS) is 10.7. The summed E-state index contributed by atoms with van der Waals surface area (Å²) in [6.45, 7) is 3.73. The van der Waals surface area contributed by atoms with E-state index >= 15 is 0 Å². The molecule has 0 fully saturated rings. The lowest BCUT2D eigenvalue weighted by atomic mass is 10.2. The van der Waals surface area contributed by atoms with Crippen LogP contribution >= 0.6 is 11.6 Å². The van der Waals surface area contributed by atoms with Crippen LogP contribution in [0.3, 0.4) is 0 Å². The van der Waals surface area contributed by atoms with E-state index in [1.165, 1.54) is 0 Å². The lowest BCUT2D eigenvalue weighted by Crippen LogP contribution is -2.43. The fraction of sp³-hybridized carbons (Fsp3) is 0.286. The second kappa shape index (κ2) is 5.17. The second-order valence-electron chi connectivity index (χ2n) is 4.58. The highest BCUT2D eigenvalue weighted by molar-refractivity contribution is 6.31. The topological polar surface area (TPSA) is 55.3 Å². The summed E-state index contributed by atoms with van der Waals surface area (Å²) >= 11 is 6.10. The van der Waals surface area contributed by atoms with E-state index in [9.17, 15) is 9.90 Å². The fourth-order valence-electron chi connectivity index (χ4n) is 2.23. The molecular weight excluding hydrogens is 280 g/mol. The number of aromatic nitrogens is 2. The highest BCUT2D eigenvalue weighted by Gasteiger charge is 2.26. The van der Waals surface area contributed by atoms with Crippen molar-refractivity contribution in [2.45, 2.75) is 13.8 Å².